The smallest absolute Gasteiger partial charge is 0.267 e. The number of aromatic nitrogens is 1. The lowest BCUT2D eigenvalue weighted by Crippen LogP contribution is -2.32. The number of hydrogen-bond acceptors (Lipinski definition) is 3. The number of hydrogen-bond donors (Lipinski definition) is 3. The van der Waals surface area contributed by atoms with Crippen LogP contribution in [0.1, 0.15) is 42.2 Å². The van der Waals surface area contributed by atoms with Gasteiger partial charge in [-0.05, 0) is 44.5 Å². The Labute approximate surface area is 118 Å². The van der Waals surface area contributed by atoms with Crippen molar-refractivity contribution in [1.29, 1.82) is 0 Å². The second kappa shape index (κ2) is 7.09. The molecule has 0 atom stereocenters. The molecule has 110 valence electrons. The van der Waals surface area contributed by atoms with Crippen molar-refractivity contribution < 1.29 is 9.59 Å². The Morgan fingerprint density at radius 1 is 1.40 bits per heavy atom. The summed E-state index contributed by atoms with van der Waals surface area (Å²) in [6.07, 6.45) is 4.92. The van der Waals surface area contributed by atoms with Crippen LogP contribution in [0.15, 0.2) is 18.3 Å². The Morgan fingerprint density at radius 2 is 2.15 bits per heavy atom. The monoisotopic (exact) mass is 278 g/mol. The summed E-state index contributed by atoms with van der Waals surface area (Å²) in [6, 6.07) is 4.13. The predicted octanol–water partition coefficient (Wildman–Crippen LogP) is 0.408. The first-order chi connectivity index (χ1) is 9.68. The minimum Gasteiger partial charge on any atom is -0.370 e. The molecule has 0 saturated carbocycles. The summed E-state index contributed by atoms with van der Waals surface area (Å²) in [5, 5.41) is 6.16. The van der Waals surface area contributed by atoms with Crippen LogP contribution in [0.5, 0.6) is 0 Å². The molecule has 1 aliphatic rings. The van der Waals surface area contributed by atoms with Crippen LogP contribution in [0.4, 0.5) is 0 Å². The molecule has 0 bridgehead atoms. The quantitative estimate of drug-likeness (QED) is 0.658. The predicted molar refractivity (Wildman–Crippen MR) is 76.3 cm³/mol. The van der Waals surface area contributed by atoms with E-state index in [1.54, 1.807) is 0 Å². The molecule has 1 aliphatic heterocycles. The van der Waals surface area contributed by atoms with Gasteiger partial charge in [-0.1, -0.05) is 0 Å². The van der Waals surface area contributed by atoms with E-state index in [2.05, 4.69) is 15.2 Å². The third kappa shape index (κ3) is 3.84. The molecule has 1 aromatic heterocycles. The summed E-state index contributed by atoms with van der Waals surface area (Å²) in [6.45, 7) is 2.45. The zero-order chi connectivity index (χ0) is 14.4. The summed E-state index contributed by atoms with van der Waals surface area (Å²) >= 11 is 0. The van der Waals surface area contributed by atoms with Gasteiger partial charge < -0.3 is 20.9 Å². The van der Waals surface area contributed by atoms with Crippen molar-refractivity contribution in [3.8, 4) is 0 Å². The maximum atomic E-state index is 12.2. The average molecular weight is 278 g/mol. The summed E-state index contributed by atoms with van der Waals surface area (Å²) < 4.78 is 2.06. The highest BCUT2D eigenvalue weighted by Gasteiger charge is 2.19. The molecule has 2 rings (SSSR count). The lowest BCUT2D eigenvalue weighted by Gasteiger charge is -2.25. The third-order valence-electron chi connectivity index (χ3n) is 3.60. The van der Waals surface area contributed by atoms with Crippen LogP contribution in [0, 0.1) is 0 Å². The Kier molecular flexibility index (Phi) is 5.17. The van der Waals surface area contributed by atoms with Crippen LogP contribution in [0.25, 0.3) is 0 Å². The first-order valence-corrected chi connectivity index (χ1v) is 7.12. The minimum atomic E-state index is -0.336. The molecule has 20 heavy (non-hydrogen) atoms. The molecular formula is C14H22N4O2. The summed E-state index contributed by atoms with van der Waals surface area (Å²) in [5.74, 6) is -0.421. The molecular weight excluding hydrogens is 256 g/mol. The van der Waals surface area contributed by atoms with Gasteiger partial charge in [0, 0.05) is 25.2 Å². The van der Waals surface area contributed by atoms with Gasteiger partial charge in [0.05, 0.1) is 0 Å². The number of carbonyl (C=O) groups excluding carboxylic acids is 2. The SMILES string of the molecule is NC(=O)CCCNC(=O)c1cccn1C1CCNCC1. The Balaban J connectivity index is 1.89. The van der Waals surface area contributed by atoms with E-state index in [1.165, 1.54) is 0 Å². The highest BCUT2D eigenvalue weighted by Crippen LogP contribution is 2.21. The molecule has 6 nitrogen and oxygen atoms in total. The standard InChI is InChI=1S/C14H22N4O2/c15-13(19)4-1-7-17-14(20)12-3-2-10-18(12)11-5-8-16-9-6-11/h2-3,10-11,16H,1,4-9H2,(H2,15,19)(H,17,20). The number of piperidine rings is 1. The van der Waals surface area contributed by atoms with Gasteiger partial charge in [0.1, 0.15) is 5.69 Å². The van der Waals surface area contributed by atoms with Crippen LogP contribution in [0.2, 0.25) is 0 Å². The van der Waals surface area contributed by atoms with Crippen molar-refractivity contribution in [2.24, 2.45) is 5.73 Å². The van der Waals surface area contributed by atoms with Crippen LogP contribution < -0.4 is 16.4 Å². The Hall–Kier alpha value is -1.82. The van der Waals surface area contributed by atoms with Gasteiger partial charge in [0.2, 0.25) is 5.91 Å². The van der Waals surface area contributed by atoms with Crippen molar-refractivity contribution in [2.45, 2.75) is 31.7 Å². The zero-order valence-electron chi connectivity index (χ0n) is 11.6. The van der Waals surface area contributed by atoms with Gasteiger partial charge in [-0.3, -0.25) is 9.59 Å². The Morgan fingerprint density at radius 3 is 2.85 bits per heavy atom. The van der Waals surface area contributed by atoms with Crippen molar-refractivity contribution in [3.63, 3.8) is 0 Å². The van der Waals surface area contributed by atoms with Crippen LogP contribution >= 0.6 is 0 Å². The van der Waals surface area contributed by atoms with Crippen LogP contribution in [-0.4, -0.2) is 36.0 Å². The van der Waals surface area contributed by atoms with E-state index in [0.29, 0.717) is 31.1 Å². The van der Waals surface area contributed by atoms with E-state index in [1.807, 2.05) is 18.3 Å². The number of carbonyl (C=O) groups is 2. The molecule has 0 aliphatic carbocycles. The average Bonchev–Trinajstić information content (AvgIpc) is 2.93. The number of nitrogens with one attached hydrogen (secondary N) is 2. The van der Waals surface area contributed by atoms with Gasteiger partial charge in [0.15, 0.2) is 0 Å². The van der Waals surface area contributed by atoms with E-state index in [0.717, 1.165) is 25.9 Å². The summed E-state index contributed by atoms with van der Waals surface area (Å²) in [5.41, 5.74) is 5.75. The summed E-state index contributed by atoms with van der Waals surface area (Å²) in [7, 11) is 0. The van der Waals surface area contributed by atoms with Gasteiger partial charge >= 0.3 is 0 Å². The number of rotatable bonds is 6. The molecule has 1 aromatic rings. The second-order valence-corrected chi connectivity index (χ2v) is 5.11. The van der Waals surface area contributed by atoms with Gasteiger partial charge in [-0.2, -0.15) is 0 Å². The number of amides is 2. The van der Waals surface area contributed by atoms with Crippen molar-refractivity contribution in [2.75, 3.05) is 19.6 Å². The molecule has 0 spiro atoms. The zero-order valence-corrected chi connectivity index (χ0v) is 11.6. The molecule has 1 saturated heterocycles. The number of primary amides is 1. The second-order valence-electron chi connectivity index (χ2n) is 5.11. The molecule has 6 heteroatoms. The number of nitrogens with two attached hydrogens (primary N) is 1. The molecule has 1 fully saturated rings. The lowest BCUT2D eigenvalue weighted by atomic mass is 10.1. The highest BCUT2D eigenvalue weighted by molar-refractivity contribution is 5.92. The highest BCUT2D eigenvalue weighted by atomic mass is 16.2. The van der Waals surface area contributed by atoms with Crippen LogP contribution in [-0.2, 0) is 4.79 Å². The van der Waals surface area contributed by atoms with E-state index in [9.17, 15) is 9.59 Å². The topological polar surface area (TPSA) is 89.2 Å². The molecule has 2 heterocycles. The largest absolute Gasteiger partial charge is 0.370 e. The fraction of sp³-hybridized carbons (Fsp3) is 0.571. The maximum Gasteiger partial charge on any atom is 0.267 e. The van der Waals surface area contributed by atoms with Gasteiger partial charge in [-0.15, -0.1) is 0 Å². The van der Waals surface area contributed by atoms with Crippen molar-refractivity contribution >= 4 is 11.8 Å². The fourth-order valence-electron chi connectivity index (χ4n) is 2.54. The normalized spacial score (nSPS) is 16.0. The molecule has 4 N–H and O–H groups in total. The molecule has 0 unspecified atom stereocenters. The van der Waals surface area contributed by atoms with Gasteiger partial charge in [-0.25, -0.2) is 0 Å². The number of nitrogens with zero attached hydrogens (tertiary/aromatic N) is 1. The first-order valence-electron chi connectivity index (χ1n) is 7.12. The fourth-order valence-corrected chi connectivity index (χ4v) is 2.54. The van der Waals surface area contributed by atoms with E-state index in [-0.39, 0.29) is 11.8 Å². The van der Waals surface area contributed by atoms with Crippen LogP contribution in [0.3, 0.4) is 0 Å². The maximum absolute atomic E-state index is 12.2. The van der Waals surface area contributed by atoms with E-state index in [4.69, 9.17) is 5.73 Å². The third-order valence-corrected chi connectivity index (χ3v) is 3.60. The molecule has 0 radical (unpaired) electrons. The first kappa shape index (κ1) is 14.6. The van der Waals surface area contributed by atoms with E-state index < -0.39 is 0 Å². The van der Waals surface area contributed by atoms with Crippen molar-refractivity contribution in [1.82, 2.24) is 15.2 Å². The van der Waals surface area contributed by atoms with Gasteiger partial charge in [0.25, 0.3) is 5.91 Å². The molecule has 0 aromatic carbocycles. The Bertz CT molecular complexity index is 463. The minimum absolute atomic E-state index is 0.0852. The molecule has 2 amide bonds. The van der Waals surface area contributed by atoms with Crippen molar-refractivity contribution in [3.05, 3.63) is 24.0 Å². The van der Waals surface area contributed by atoms with E-state index >= 15 is 0 Å². The lowest BCUT2D eigenvalue weighted by molar-refractivity contribution is -0.118. The summed E-state index contributed by atoms with van der Waals surface area (Å²) in [4.78, 5) is 22.8.